The number of benzene rings is 5. The molecule has 0 atom stereocenters. The summed E-state index contributed by atoms with van der Waals surface area (Å²) in [7, 11) is 1.58. The molecule has 0 aromatic heterocycles. The number of hydrogen-bond donors (Lipinski definition) is 1. The second-order valence-corrected chi connectivity index (χ2v) is 12.4. The highest BCUT2D eigenvalue weighted by Crippen LogP contribution is 2.39. The van der Waals surface area contributed by atoms with Crippen molar-refractivity contribution in [2.24, 2.45) is 0 Å². The molecule has 11 heteroatoms. The zero-order chi connectivity index (χ0) is 36.5. The molecule has 1 aliphatic heterocycles. The van der Waals surface area contributed by atoms with E-state index in [0.29, 0.717) is 58.6 Å². The van der Waals surface area contributed by atoms with Crippen molar-refractivity contribution in [3.05, 3.63) is 148 Å². The van der Waals surface area contributed by atoms with Gasteiger partial charge >= 0.3 is 6.03 Å². The van der Waals surface area contributed by atoms with Gasteiger partial charge in [-0.05, 0) is 99.7 Å². The lowest BCUT2D eigenvalue weighted by molar-refractivity contribution is -0.122. The third-order valence-electron chi connectivity index (χ3n) is 7.94. The quantitative estimate of drug-likeness (QED) is 0.0889. The van der Waals surface area contributed by atoms with Gasteiger partial charge in [-0.1, -0.05) is 66.7 Å². The number of anilines is 1. The summed E-state index contributed by atoms with van der Waals surface area (Å²) < 4.78 is 30.0. The van der Waals surface area contributed by atoms with Gasteiger partial charge in [-0.25, -0.2) is 9.69 Å². The summed E-state index contributed by atoms with van der Waals surface area (Å²) in [5.41, 5.74) is 3.39. The molecule has 0 unspecified atom stereocenters. The summed E-state index contributed by atoms with van der Waals surface area (Å²) in [5, 5.41) is 2.26. The first-order valence-electron chi connectivity index (χ1n) is 16.4. The maximum absolute atomic E-state index is 13.6. The summed E-state index contributed by atoms with van der Waals surface area (Å²) in [6.07, 6.45) is 1.41. The number of barbiturate groups is 1. The van der Waals surface area contributed by atoms with Crippen LogP contribution in [0, 0.1) is 0 Å². The summed E-state index contributed by atoms with van der Waals surface area (Å²) in [4.78, 5) is 40.3. The van der Waals surface area contributed by atoms with Crippen LogP contribution in [-0.2, 0) is 29.4 Å². The molecular weight excluding hydrogens is 728 g/mol. The van der Waals surface area contributed by atoms with E-state index in [2.05, 4.69) is 21.2 Å². The fourth-order valence-corrected chi connectivity index (χ4v) is 5.95. The van der Waals surface area contributed by atoms with Crippen molar-refractivity contribution in [1.82, 2.24) is 5.32 Å². The van der Waals surface area contributed by atoms with Gasteiger partial charge in [-0.3, -0.25) is 14.9 Å². The topological polar surface area (TPSA) is 113 Å². The number of halogens is 1. The van der Waals surface area contributed by atoms with Crippen molar-refractivity contribution in [3.8, 4) is 28.7 Å². The summed E-state index contributed by atoms with van der Waals surface area (Å²) in [6, 6.07) is 34.1. The van der Waals surface area contributed by atoms with E-state index in [1.165, 1.54) is 6.08 Å². The molecule has 0 radical (unpaired) electrons. The van der Waals surface area contributed by atoms with E-state index in [4.69, 9.17) is 23.7 Å². The van der Waals surface area contributed by atoms with Crippen LogP contribution in [-0.4, -0.2) is 31.6 Å². The van der Waals surface area contributed by atoms with Gasteiger partial charge in [0.1, 0.15) is 31.1 Å². The smallest absolute Gasteiger partial charge is 0.335 e. The molecule has 1 saturated heterocycles. The van der Waals surface area contributed by atoms with Crippen LogP contribution in [0.3, 0.4) is 0 Å². The Morgan fingerprint density at radius 1 is 0.673 bits per heavy atom. The van der Waals surface area contributed by atoms with Crippen molar-refractivity contribution < 1.29 is 38.1 Å². The number of imide groups is 2. The Bertz CT molecular complexity index is 2090. The van der Waals surface area contributed by atoms with E-state index in [9.17, 15) is 14.4 Å². The van der Waals surface area contributed by atoms with Gasteiger partial charge in [0.25, 0.3) is 11.8 Å². The number of ether oxygens (including phenoxy) is 5. The number of carbonyl (C=O) groups excluding carboxylic acids is 3. The highest BCUT2D eigenvalue weighted by atomic mass is 79.9. The number of methoxy groups -OCH3 is 1. The second kappa shape index (κ2) is 16.8. The van der Waals surface area contributed by atoms with Gasteiger partial charge < -0.3 is 23.7 Å². The zero-order valence-corrected chi connectivity index (χ0v) is 30.1. The minimum Gasteiger partial charge on any atom is -0.493 e. The van der Waals surface area contributed by atoms with Gasteiger partial charge in [0.15, 0.2) is 23.0 Å². The maximum atomic E-state index is 13.6. The fraction of sp³-hybridized carbons (Fsp3) is 0.146. The molecule has 5 aromatic carbocycles. The minimum absolute atomic E-state index is 0.183. The fourth-order valence-electron chi connectivity index (χ4n) is 5.38. The number of nitrogens with one attached hydrogen (secondary N) is 1. The van der Waals surface area contributed by atoms with Crippen molar-refractivity contribution in [3.63, 3.8) is 0 Å². The first-order valence-corrected chi connectivity index (χ1v) is 17.2. The molecule has 10 nitrogen and oxygen atoms in total. The lowest BCUT2D eigenvalue weighted by Gasteiger charge is -2.26. The van der Waals surface area contributed by atoms with Crippen molar-refractivity contribution >= 4 is 45.5 Å². The first-order chi connectivity index (χ1) is 25.3. The van der Waals surface area contributed by atoms with Gasteiger partial charge in [0.2, 0.25) is 0 Å². The summed E-state index contributed by atoms with van der Waals surface area (Å²) in [6.45, 7) is 3.11. The molecule has 264 valence electrons. The average molecular weight is 764 g/mol. The molecule has 4 amide bonds. The van der Waals surface area contributed by atoms with Crippen LogP contribution >= 0.6 is 15.9 Å². The Hall–Kier alpha value is -6.07. The summed E-state index contributed by atoms with van der Waals surface area (Å²) in [5.74, 6) is 0.969. The van der Waals surface area contributed by atoms with E-state index >= 15 is 0 Å². The molecule has 5 aromatic rings. The molecule has 1 aliphatic rings. The SMILES string of the molecule is CCOc1cc(/C=C2/C(=O)NC(=O)N(c3ccc(OCc4ccccc4)cc3)C2=O)cc(Br)c1OCc1ccc(OCc2ccccc2)c(OC)c1. The third-order valence-corrected chi connectivity index (χ3v) is 8.53. The van der Waals surface area contributed by atoms with Crippen molar-refractivity contribution in [2.45, 2.75) is 26.7 Å². The van der Waals surface area contributed by atoms with Crippen molar-refractivity contribution in [1.29, 1.82) is 0 Å². The Balaban J connectivity index is 1.17. The molecule has 6 rings (SSSR count). The number of nitrogens with zero attached hydrogens (tertiary/aromatic N) is 1. The number of hydrogen-bond acceptors (Lipinski definition) is 8. The van der Waals surface area contributed by atoms with E-state index in [0.717, 1.165) is 21.6 Å². The zero-order valence-electron chi connectivity index (χ0n) is 28.5. The van der Waals surface area contributed by atoms with Crippen molar-refractivity contribution in [2.75, 3.05) is 18.6 Å². The van der Waals surface area contributed by atoms with E-state index in [1.54, 1.807) is 43.5 Å². The largest absolute Gasteiger partial charge is 0.493 e. The molecule has 0 saturated carbocycles. The predicted octanol–water partition coefficient (Wildman–Crippen LogP) is 8.26. The molecule has 0 bridgehead atoms. The van der Waals surface area contributed by atoms with Gasteiger partial charge in [0, 0.05) is 0 Å². The highest BCUT2D eigenvalue weighted by Gasteiger charge is 2.37. The third kappa shape index (κ3) is 8.62. The molecule has 0 spiro atoms. The maximum Gasteiger partial charge on any atom is 0.335 e. The number of amides is 4. The lowest BCUT2D eigenvalue weighted by Crippen LogP contribution is -2.54. The average Bonchev–Trinajstić information content (AvgIpc) is 3.16. The van der Waals surface area contributed by atoms with Crippen LogP contribution in [0.1, 0.15) is 29.2 Å². The van der Waals surface area contributed by atoms with Gasteiger partial charge in [0.05, 0.1) is 23.9 Å². The minimum atomic E-state index is -0.850. The number of urea groups is 1. The standard InChI is InChI=1S/C41H35BrN2O8/c1-3-49-37-23-30(21-34(42)38(37)52-26-29-14-19-35(36(22-29)48-2)51-25-28-12-8-5-9-13-28)20-33-39(45)43-41(47)44(40(33)46)31-15-17-32(18-16-31)50-24-27-10-6-4-7-11-27/h4-23H,3,24-26H2,1-2H3,(H,43,45,47)/b33-20-. The Labute approximate surface area is 309 Å². The number of rotatable bonds is 14. The summed E-state index contributed by atoms with van der Waals surface area (Å²) >= 11 is 3.57. The first kappa shape index (κ1) is 35.7. The monoisotopic (exact) mass is 762 g/mol. The van der Waals surface area contributed by atoms with Crippen LogP contribution in [0.2, 0.25) is 0 Å². The van der Waals surface area contributed by atoms with Crippen LogP contribution in [0.25, 0.3) is 6.08 Å². The van der Waals surface area contributed by atoms with Crippen LogP contribution in [0.15, 0.2) is 125 Å². The highest BCUT2D eigenvalue weighted by molar-refractivity contribution is 9.10. The Kier molecular flexibility index (Phi) is 11.5. The predicted molar refractivity (Wildman–Crippen MR) is 200 cm³/mol. The second-order valence-electron chi connectivity index (χ2n) is 11.5. The van der Waals surface area contributed by atoms with Gasteiger partial charge in [-0.2, -0.15) is 0 Å². The van der Waals surface area contributed by atoms with Gasteiger partial charge in [-0.15, -0.1) is 0 Å². The van der Waals surface area contributed by atoms with Crippen LogP contribution in [0.4, 0.5) is 10.5 Å². The normalized spacial score (nSPS) is 13.5. The lowest BCUT2D eigenvalue weighted by atomic mass is 10.1. The van der Waals surface area contributed by atoms with Crippen LogP contribution < -0.4 is 33.9 Å². The van der Waals surface area contributed by atoms with E-state index in [-0.39, 0.29) is 17.9 Å². The molecule has 52 heavy (non-hydrogen) atoms. The molecule has 1 N–H and O–H groups in total. The van der Waals surface area contributed by atoms with E-state index in [1.807, 2.05) is 85.8 Å². The molecular formula is C41H35BrN2O8. The number of carbonyl (C=O) groups is 3. The molecule has 1 fully saturated rings. The van der Waals surface area contributed by atoms with E-state index < -0.39 is 17.8 Å². The molecule has 1 heterocycles. The molecule has 0 aliphatic carbocycles. The van der Waals surface area contributed by atoms with Crippen LogP contribution in [0.5, 0.6) is 28.7 Å². The Morgan fingerprint density at radius 2 is 1.33 bits per heavy atom. The Morgan fingerprint density at radius 3 is 1.98 bits per heavy atom.